The van der Waals surface area contributed by atoms with Gasteiger partial charge in [0.15, 0.2) is 0 Å². The van der Waals surface area contributed by atoms with Crippen LogP contribution in [0.4, 0.5) is 13.2 Å². The molecule has 1 aromatic rings. The second-order valence-electron chi connectivity index (χ2n) is 3.91. The standard InChI is InChI=1S/C10H12F3NO2/c1-6(2)5-14-7(9(15)16)3-4-8(14)10(11,12)13/h3-4,6H,5H2,1-2H3,(H,15,16). The van der Waals surface area contributed by atoms with Crippen molar-refractivity contribution in [2.45, 2.75) is 26.6 Å². The van der Waals surface area contributed by atoms with E-state index in [1.165, 1.54) is 0 Å². The summed E-state index contributed by atoms with van der Waals surface area (Å²) in [6.45, 7) is 3.49. The minimum Gasteiger partial charge on any atom is -0.477 e. The highest BCUT2D eigenvalue weighted by molar-refractivity contribution is 5.86. The zero-order valence-corrected chi connectivity index (χ0v) is 8.88. The number of halogens is 3. The summed E-state index contributed by atoms with van der Waals surface area (Å²) < 4.78 is 38.5. The molecule has 6 heteroatoms. The number of hydrogen-bond acceptors (Lipinski definition) is 1. The molecular formula is C10H12F3NO2. The van der Waals surface area contributed by atoms with Crippen molar-refractivity contribution in [3.63, 3.8) is 0 Å². The minimum atomic E-state index is -4.53. The van der Waals surface area contributed by atoms with Crippen molar-refractivity contribution in [2.75, 3.05) is 0 Å². The Hall–Kier alpha value is -1.46. The highest BCUT2D eigenvalue weighted by Crippen LogP contribution is 2.31. The van der Waals surface area contributed by atoms with Crippen LogP contribution in [0.2, 0.25) is 0 Å². The fourth-order valence-electron chi connectivity index (χ4n) is 1.46. The molecule has 1 rings (SSSR count). The molecule has 0 aliphatic rings. The molecule has 1 N–H and O–H groups in total. The number of carboxylic acids is 1. The molecule has 0 saturated heterocycles. The van der Waals surface area contributed by atoms with Crippen molar-refractivity contribution in [2.24, 2.45) is 5.92 Å². The molecular weight excluding hydrogens is 223 g/mol. The summed E-state index contributed by atoms with van der Waals surface area (Å²) in [6.07, 6.45) is -4.53. The van der Waals surface area contributed by atoms with E-state index in [9.17, 15) is 18.0 Å². The number of carbonyl (C=O) groups is 1. The Morgan fingerprint density at radius 1 is 1.44 bits per heavy atom. The fraction of sp³-hybridized carbons (Fsp3) is 0.500. The van der Waals surface area contributed by atoms with Crippen molar-refractivity contribution in [1.82, 2.24) is 4.57 Å². The average Bonchev–Trinajstić information content (AvgIpc) is 2.45. The molecule has 0 atom stereocenters. The Kier molecular flexibility index (Phi) is 3.30. The van der Waals surface area contributed by atoms with Crippen LogP contribution in [-0.2, 0) is 12.7 Å². The maximum atomic E-state index is 12.6. The second kappa shape index (κ2) is 4.19. The highest BCUT2D eigenvalue weighted by Gasteiger charge is 2.36. The third-order valence-corrected chi connectivity index (χ3v) is 2.04. The van der Waals surface area contributed by atoms with Crippen molar-refractivity contribution in [3.8, 4) is 0 Å². The van der Waals surface area contributed by atoms with E-state index in [1.807, 2.05) is 0 Å². The minimum absolute atomic E-state index is 0.0312. The van der Waals surface area contributed by atoms with Gasteiger partial charge in [0.05, 0.1) is 0 Å². The Morgan fingerprint density at radius 3 is 2.38 bits per heavy atom. The van der Waals surface area contributed by atoms with Crippen LogP contribution in [0.5, 0.6) is 0 Å². The summed E-state index contributed by atoms with van der Waals surface area (Å²) in [5.41, 5.74) is -1.25. The summed E-state index contributed by atoms with van der Waals surface area (Å²) in [6, 6.07) is 1.78. The topological polar surface area (TPSA) is 42.2 Å². The molecule has 0 radical (unpaired) electrons. The summed E-state index contributed by atoms with van der Waals surface area (Å²) in [5.74, 6) is -1.41. The molecule has 16 heavy (non-hydrogen) atoms. The van der Waals surface area contributed by atoms with Gasteiger partial charge in [-0.25, -0.2) is 4.79 Å². The zero-order chi connectivity index (χ0) is 12.5. The smallest absolute Gasteiger partial charge is 0.431 e. The molecule has 1 heterocycles. The first-order chi connectivity index (χ1) is 7.23. The second-order valence-corrected chi connectivity index (χ2v) is 3.91. The Balaban J connectivity index is 3.25. The lowest BCUT2D eigenvalue weighted by molar-refractivity contribution is -0.143. The van der Waals surface area contributed by atoms with Gasteiger partial charge in [-0.05, 0) is 18.1 Å². The van der Waals surface area contributed by atoms with Gasteiger partial charge in [-0.1, -0.05) is 13.8 Å². The van der Waals surface area contributed by atoms with Gasteiger partial charge in [-0.15, -0.1) is 0 Å². The largest absolute Gasteiger partial charge is 0.477 e. The van der Waals surface area contributed by atoms with Gasteiger partial charge in [-0.2, -0.15) is 13.2 Å². The van der Waals surface area contributed by atoms with Crippen molar-refractivity contribution < 1.29 is 23.1 Å². The van der Waals surface area contributed by atoms with E-state index in [0.29, 0.717) is 0 Å². The van der Waals surface area contributed by atoms with Crippen LogP contribution in [0.25, 0.3) is 0 Å². The summed E-state index contributed by atoms with van der Waals surface area (Å²) >= 11 is 0. The molecule has 3 nitrogen and oxygen atoms in total. The first-order valence-corrected chi connectivity index (χ1v) is 4.73. The highest BCUT2D eigenvalue weighted by atomic mass is 19.4. The quantitative estimate of drug-likeness (QED) is 0.875. The first-order valence-electron chi connectivity index (χ1n) is 4.73. The van der Waals surface area contributed by atoms with Crippen LogP contribution in [0.1, 0.15) is 30.0 Å². The molecule has 90 valence electrons. The van der Waals surface area contributed by atoms with Crippen molar-refractivity contribution in [1.29, 1.82) is 0 Å². The van der Waals surface area contributed by atoms with Crippen LogP contribution >= 0.6 is 0 Å². The molecule has 1 aromatic heterocycles. The first kappa shape index (κ1) is 12.6. The molecule has 0 bridgehead atoms. The fourth-order valence-corrected chi connectivity index (χ4v) is 1.46. The average molecular weight is 235 g/mol. The van der Waals surface area contributed by atoms with E-state index in [-0.39, 0.29) is 18.2 Å². The molecule has 0 spiro atoms. The van der Waals surface area contributed by atoms with Gasteiger partial charge in [0.1, 0.15) is 11.4 Å². The molecule has 0 aliphatic carbocycles. The Bertz CT molecular complexity index is 393. The van der Waals surface area contributed by atoms with Gasteiger partial charge >= 0.3 is 12.1 Å². The summed E-state index contributed by atoms with van der Waals surface area (Å²) in [4.78, 5) is 10.8. The van der Waals surface area contributed by atoms with E-state index in [1.54, 1.807) is 13.8 Å². The monoisotopic (exact) mass is 235 g/mol. The lowest BCUT2D eigenvalue weighted by Crippen LogP contribution is -2.19. The van der Waals surface area contributed by atoms with E-state index >= 15 is 0 Å². The number of aromatic carboxylic acids is 1. The van der Waals surface area contributed by atoms with E-state index < -0.39 is 17.8 Å². The van der Waals surface area contributed by atoms with Gasteiger partial charge < -0.3 is 9.67 Å². The zero-order valence-electron chi connectivity index (χ0n) is 8.88. The normalized spacial score (nSPS) is 12.1. The molecule has 0 aliphatic heterocycles. The third-order valence-electron chi connectivity index (χ3n) is 2.04. The van der Waals surface area contributed by atoms with E-state index in [2.05, 4.69) is 0 Å². The molecule has 0 saturated carbocycles. The Labute approximate surface area is 90.5 Å². The van der Waals surface area contributed by atoms with Crippen LogP contribution in [0.3, 0.4) is 0 Å². The lowest BCUT2D eigenvalue weighted by Gasteiger charge is -2.15. The van der Waals surface area contributed by atoms with Crippen LogP contribution < -0.4 is 0 Å². The number of alkyl halides is 3. The lowest BCUT2D eigenvalue weighted by atomic mass is 10.2. The van der Waals surface area contributed by atoms with Gasteiger partial charge in [0, 0.05) is 6.54 Å². The third kappa shape index (κ3) is 2.56. The SMILES string of the molecule is CC(C)Cn1c(C(=O)O)ccc1C(F)(F)F. The van der Waals surface area contributed by atoms with Gasteiger partial charge in [0.25, 0.3) is 0 Å². The number of aromatic nitrogens is 1. The molecule has 0 unspecified atom stereocenters. The van der Waals surface area contributed by atoms with E-state index in [4.69, 9.17) is 5.11 Å². The van der Waals surface area contributed by atoms with Crippen LogP contribution in [0, 0.1) is 5.92 Å². The Morgan fingerprint density at radius 2 is 2.00 bits per heavy atom. The number of hydrogen-bond donors (Lipinski definition) is 1. The summed E-state index contributed by atoms with van der Waals surface area (Å²) in [7, 11) is 0. The predicted molar refractivity (Wildman–Crippen MR) is 51.2 cm³/mol. The maximum absolute atomic E-state index is 12.6. The molecule has 0 fully saturated rings. The maximum Gasteiger partial charge on any atom is 0.431 e. The molecule has 0 aromatic carbocycles. The van der Waals surface area contributed by atoms with Crippen LogP contribution in [0.15, 0.2) is 12.1 Å². The van der Waals surface area contributed by atoms with Gasteiger partial charge in [0.2, 0.25) is 0 Å². The van der Waals surface area contributed by atoms with Crippen molar-refractivity contribution in [3.05, 3.63) is 23.5 Å². The van der Waals surface area contributed by atoms with Crippen LogP contribution in [-0.4, -0.2) is 15.6 Å². The predicted octanol–water partition coefficient (Wildman–Crippen LogP) is 2.86. The van der Waals surface area contributed by atoms with E-state index in [0.717, 1.165) is 16.7 Å². The van der Waals surface area contributed by atoms with Crippen molar-refractivity contribution >= 4 is 5.97 Å². The van der Waals surface area contributed by atoms with Gasteiger partial charge in [-0.3, -0.25) is 0 Å². The number of nitrogens with zero attached hydrogens (tertiary/aromatic N) is 1. The number of rotatable bonds is 3. The molecule has 0 amide bonds. The number of carboxylic acid groups (broad SMARTS) is 1. The summed E-state index contributed by atoms with van der Waals surface area (Å²) in [5, 5.41) is 8.77.